The van der Waals surface area contributed by atoms with Crippen molar-refractivity contribution in [2.24, 2.45) is 5.73 Å². The topological polar surface area (TPSA) is 32.5 Å². The van der Waals surface area contributed by atoms with Gasteiger partial charge in [-0.3, -0.25) is 0 Å². The fourth-order valence-electron chi connectivity index (χ4n) is 3.70. The first kappa shape index (κ1) is 14.3. The molecule has 0 amide bonds. The molecule has 0 aromatic heterocycles. The lowest BCUT2D eigenvalue weighted by Crippen LogP contribution is -2.44. The molecule has 106 valence electrons. The molecule has 2 unspecified atom stereocenters. The van der Waals surface area contributed by atoms with Crippen molar-refractivity contribution >= 4 is 0 Å². The second-order valence-electron chi connectivity index (χ2n) is 6.18. The SMILES string of the molecule is CN1CCCCC1CCN1CCCCC1CCN. The van der Waals surface area contributed by atoms with E-state index in [2.05, 4.69) is 16.8 Å². The van der Waals surface area contributed by atoms with Gasteiger partial charge in [0.1, 0.15) is 0 Å². The van der Waals surface area contributed by atoms with Gasteiger partial charge in [-0.1, -0.05) is 12.8 Å². The molecule has 0 aromatic rings. The van der Waals surface area contributed by atoms with Gasteiger partial charge in [-0.2, -0.15) is 0 Å². The minimum absolute atomic E-state index is 0.776. The summed E-state index contributed by atoms with van der Waals surface area (Å²) < 4.78 is 0. The Hall–Kier alpha value is -0.120. The van der Waals surface area contributed by atoms with Crippen LogP contribution >= 0.6 is 0 Å². The van der Waals surface area contributed by atoms with Crippen LogP contribution in [-0.2, 0) is 0 Å². The average molecular weight is 253 g/mol. The van der Waals surface area contributed by atoms with Gasteiger partial charge in [0.05, 0.1) is 0 Å². The van der Waals surface area contributed by atoms with Crippen molar-refractivity contribution in [3.05, 3.63) is 0 Å². The predicted molar refractivity (Wildman–Crippen MR) is 77.8 cm³/mol. The van der Waals surface area contributed by atoms with Crippen LogP contribution in [-0.4, -0.2) is 55.1 Å². The van der Waals surface area contributed by atoms with Crippen LogP contribution in [0.4, 0.5) is 0 Å². The second kappa shape index (κ2) is 7.46. The van der Waals surface area contributed by atoms with Crippen molar-refractivity contribution in [3.63, 3.8) is 0 Å². The van der Waals surface area contributed by atoms with Crippen molar-refractivity contribution in [2.45, 2.75) is 63.5 Å². The molecule has 0 aromatic carbocycles. The lowest BCUT2D eigenvalue weighted by Gasteiger charge is -2.38. The monoisotopic (exact) mass is 253 g/mol. The maximum absolute atomic E-state index is 5.75. The van der Waals surface area contributed by atoms with Crippen molar-refractivity contribution in [2.75, 3.05) is 33.2 Å². The molecule has 2 fully saturated rings. The molecule has 3 nitrogen and oxygen atoms in total. The quantitative estimate of drug-likeness (QED) is 0.814. The zero-order valence-corrected chi connectivity index (χ0v) is 12.1. The van der Waals surface area contributed by atoms with E-state index in [1.54, 1.807) is 0 Å². The van der Waals surface area contributed by atoms with E-state index >= 15 is 0 Å². The fraction of sp³-hybridized carbons (Fsp3) is 1.00. The molecule has 2 saturated heterocycles. The summed E-state index contributed by atoms with van der Waals surface area (Å²) >= 11 is 0. The van der Waals surface area contributed by atoms with Crippen molar-refractivity contribution in [1.82, 2.24) is 9.80 Å². The van der Waals surface area contributed by atoms with Gasteiger partial charge in [-0.25, -0.2) is 0 Å². The molecule has 18 heavy (non-hydrogen) atoms. The number of piperidine rings is 2. The summed E-state index contributed by atoms with van der Waals surface area (Å²) in [5.41, 5.74) is 5.75. The van der Waals surface area contributed by atoms with E-state index in [1.165, 1.54) is 71.0 Å². The second-order valence-corrected chi connectivity index (χ2v) is 6.18. The maximum atomic E-state index is 5.75. The smallest absolute Gasteiger partial charge is 0.0107 e. The van der Waals surface area contributed by atoms with Crippen LogP contribution in [0, 0.1) is 0 Å². The van der Waals surface area contributed by atoms with E-state index in [4.69, 9.17) is 5.73 Å². The first-order valence-electron chi connectivity index (χ1n) is 7.95. The number of hydrogen-bond donors (Lipinski definition) is 1. The zero-order chi connectivity index (χ0) is 12.8. The Morgan fingerprint density at radius 3 is 2.39 bits per heavy atom. The third-order valence-electron chi connectivity index (χ3n) is 4.92. The van der Waals surface area contributed by atoms with Gasteiger partial charge >= 0.3 is 0 Å². The van der Waals surface area contributed by atoms with Crippen LogP contribution < -0.4 is 5.73 Å². The Balaban J connectivity index is 1.76. The van der Waals surface area contributed by atoms with E-state index in [-0.39, 0.29) is 0 Å². The molecule has 3 heteroatoms. The molecule has 2 rings (SSSR count). The first-order valence-corrected chi connectivity index (χ1v) is 7.95. The molecular formula is C15H31N3. The Morgan fingerprint density at radius 2 is 1.67 bits per heavy atom. The average Bonchev–Trinajstić information content (AvgIpc) is 2.40. The minimum Gasteiger partial charge on any atom is -0.330 e. The summed E-state index contributed by atoms with van der Waals surface area (Å²) in [4.78, 5) is 5.30. The number of nitrogens with two attached hydrogens (primary N) is 1. The Bertz CT molecular complexity index is 230. The van der Waals surface area contributed by atoms with Crippen LogP contribution in [0.2, 0.25) is 0 Å². The van der Waals surface area contributed by atoms with Crippen molar-refractivity contribution < 1.29 is 0 Å². The van der Waals surface area contributed by atoms with Gasteiger partial charge in [0.25, 0.3) is 0 Å². The van der Waals surface area contributed by atoms with E-state index in [9.17, 15) is 0 Å². The molecule has 0 spiro atoms. The predicted octanol–water partition coefficient (Wildman–Crippen LogP) is 2.06. The highest BCUT2D eigenvalue weighted by atomic mass is 15.2. The largest absolute Gasteiger partial charge is 0.330 e. The molecule has 2 heterocycles. The number of likely N-dealkylation sites (tertiary alicyclic amines) is 2. The van der Waals surface area contributed by atoms with E-state index in [0.29, 0.717) is 0 Å². The van der Waals surface area contributed by atoms with Gasteiger partial charge < -0.3 is 15.5 Å². The number of hydrogen-bond acceptors (Lipinski definition) is 3. The van der Waals surface area contributed by atoms with Crippen molar-refractivity contribution in [1.29, 1.82) is 0 Å². The third-order valence-corrected chi connectivity index (χ3v) is 4.92. The van der Waals surface area contributed by atoms with Gasteiger partial charge in [-0.15, -0.1) is 0 Å². The van der Waals surface area contributed by atoms with Gasteiger partial charge in [0, 0.05) is 12.1 Å². The highest BCUT2D eigenvalue weighted by Crippen LogP contribution is 2.22. The maximum Gasteiger partial charge on any atom is 0.0107 e. The van der Waals surface area contributed by atoms with Gasteiger partial charge in [0.2, 0.25) is 0 Å². The molecular weight excluding hydrogens is 222 g/mol. The van der Waals surface area contributed by atoms with Crippen LogP contribution in [0.5, 0.6) is 0 Å². The standard InChI is InChI=1S/C15H31N3/c1-17-11-4-2-6-14(17)9-13-18-12-5-3-7-15(18)8-10-16/h14-15H,2-13,16H2,1H3. The molecule has 2 atom stereocenters. The molecule has 0 aliphatic carbocycles. The molecule has 2 aliphatic heterocycles. The fourth-order valence-corrected chi connectivity index (χ4v) is 3.70. The van der Waals surface area contributed by atoms with Gasteiger partial charge in [-0.05, 0) is 71.8 Å². The number of nitrogens with zero attached hydrogens (tertiary/aromatic N) is 2. The van der Waals surface area contributed by atoms with E-state index in [1.807, 2.05) is 0 Å². The normalized spacial score (nSPS) is 31.7. The lowest BCUT2D eigenvalue weighted by atomic mass is 9.96. The first-order chi connectivity index (χ1) is 8.81. The molecule has 2 N–H and O–H groups in total. The summed E-state index contributed by atoms with van der Waals surface area (Å²) in [7, 11) is 2.30. The molecule has 0 saturated carbocycles. The summed E-state index contributed by atoms with van der Waals surface area (Å²) in [6, 6.07) is 1.61. The van der Waals surface area contributed by atoms with E-state index < -0.39 is 0 Å². The minimum atomic E-state index is 0.776. The summed E-state index contributed by atoms with van der Waals surface area (Å²) in [5.74, 6) is 0. The van der Waals surface area contributed by atoms with Crippen LogP contribution in [0.1, 0.15) is 51.4 Å². The molecule has 2 aliphatic rings. The van der Waals surface area contributed by atoms with Crippen LogP contribution in [0.15, 0.2) is 0 Å². The zero-order valence-electron chi connectivity index (χ0n) is 12.1. The Kier molecular flexibility index (Phi) is 5.93. The summed E-state index contributed by atoms with van der Waals surface area (Å²) in [6.45, 7) is 4.75. The van der Waals surface area contributed by atoms with Crippen LogP contribution in [0.3, 0.4) is 0 Å². The highest BCUT2D eigenvalue weighted by Gasteiger charge is 2.24. The summed E-state index contributed by atoms with van der Waals surface area (Å²) in [5, 5.41) is 0. The van der Waals surface area contributed by atoms with Gasteiger partial charge in [0.15, 0.2) is 0 Å². The number of rotatable bonds is 5. The lowest BCUT2D eigenvalue weighted by molar-refractivity contribution is 0.109. The Labute approximate surface area is 113 Å². The van der Waals surface area contributed by atoms with Crippen LogP contribution in [0.25, 0.3) is 0 Å². The van der Waals surface area contributed by atoms with Crippen molar-refractivity contribution in [3.8, 4) is 0 Å². The van der Waals surface area contributed by atoms with E-state index in [0.717, 1.165) is 18.6 Å². The summed E-state index contributed by atoms with van der Waals surface area (Å²) in [6.07, 6.45) is 11.0. The molecule has 0 radical (unpaired) electrons. The highest BCUT2D eigenvalue weighted by molar-refractivity contribution is 4.80. The molecule has 0 bridgehead atoms. The Morgan fingerprint density at radius 1 is 0.944 bits per heavy atom. The third kappa shape index (κ3) is 3.94.